The summed E-state index contributed by atoms with van der Waals surface area (Å²) in [4.78, 5) is 23.5. The van der Waals surface area contributed by atoms with Crippen LogP contribution in [-0.2, 0) is 14.3 Å². The number of hydrogen-bond donors (Lipinski definition) is 2. The molecule has 1 aliphatic rings. The molecule has 0 unspecified atom stereocenters. The van der Waals surface area contributed by atoms with Crippen LogP contribution in [0.25, 0.3) is 0 Å². The summed E-state index contributed by atoms with van der Waals surface area (Å²) in [5, 5.41) is 5.85. The van der Waals surface area contributed by atoms with Crippen LogP contribution in [0.3, 0.4) is 0 Å². The van der Waals surface area contributed by atoms with Crippen LogP contribution in [0.15, 0.2) is 0 Å². The van der Waals surface area contributed by atoms with Crippen LogP contribution >= 0.6 is 12.4 Å². The van der Waals surface area contributed by atoms with E-state index in [2.05, 4.69) is 10.6 Å². The van der Waals surface area contributed by atoms with E-state index in [1.54, 1.807) is 0 Å². The second-order valence-electron chi connectivity index (χ2n) is 4.54. The highest BCUT2D eigenvalue weighted by atomic mass is 35.5. The Kier molecular flexibility index (Phi) is 7.95. The molecule has 1 rings (SSSR count). The van der Waals surface area contributed by atoms with Crippen LogP contribution in [0.1, 0.15) is 38.5 Å². The molecule has 1 amide bonds. The highest BCUT2D eigenvalue weighted by Crippen LogP contribution is 2.30. The Morgan fingerprint density at radius 3 is 2.39 bits per heavy atom. The molecule has 0 bridgehead atoms. The van der Waals surface area contributed by atoms with Crippen molar-refractivity contribution in [3.63, 3.8) is 0 Å². The fraction of sp³-hybridized carbons (Fsp3) is 0.833. The van der Waals surface area contributed by atoms with E-state index in [1.807, 2.05) is 7.05 Å². The van der Waals surface area contributed by atoms with Crippen molar-refractivity contribution in [3.05, 3.63) is 0 Å². The van der Waals surface area contributed by atoms with Crippen molar-refractivity contribution < 1.29 is 14.3 Å². The number of amides is 1. The van der Waals surface area contributed by atoms with Gasteiger partial charge in [0.25, 0.3) is 0 Å². The molecule has 0 heterocycles. The SMILES string of the molecule is CNCCCC(=O)NC1(C(=O)OC)CCCC1.Cl. The molecule has 0 spiro atoms. The smallest absolute Gasteiger partial charge is 0.331 e. The van der Waals surface area contributed by atoms with Crippen molar-refractivity contribution in [2.75, 3.05) is 20.7 Å². The lowest BCUT2D eigenvalue weighted by molar-refractivity contribution is -0.150. The fourth-order valence-corrected chi connectivity index (χ4v) is 2.31. The minimum absolute atomic E-state index is 0. The Bertz CT molecular complexity index is 278. The fourth-order valence-electron chi connectivity index (χ4n) is 2.31. The number of carbonyl (C=O) groups excluding carboxylic acids is 2. The van der Waals surface area contributed by atoms with E-state index in [1.165, 1.54) is 7.11 Å². The molecular weight excluding hydrogens is 256 g/mol. The quantitative estimate of drug-likeness (QED) is 0.562. The largest absolute Gasteiger partial charge is 0.467 e. The Morgan fingerprint density at radius 2 is 1.89 bits per heavy atom. The molecule has 2 N–H and O–H groups in total. The number of nitrogens with one attached hydrogen (secondary N) is 2. The first-order valence-corrected chi connectivity index (χ1v) is 6.18. The van der Waals surface area contributed by atoms with Crippen LogP contribution in [0.4, 0.5) is 0 Å². The number of esters is 1. The van der Waals surface area contributed by atoms with E-state index in [-0.39, 0.29) is 24.3 Å². The molecule has 0 aromatic heterocycles. The second kappa shape index (κ2) is 8.32. The van der Waals surface area contributed by atoms with Crippen LogP contribution in [0.5, 0.6) is 0 Å². The van der Waals surface area contributed by atoms with Crippen LogP contribution in [0.2, 0.25) is 0 Å². The van der Waals surface area contributed by atoms with Crippen LogP contribution < -0.4 is 10.6 Å². The van der Waals surface area contributed by atoms with Gasteiger partial charge in [-0.1, -0.05) is 12.8 Å². The van der Waals surface area contributed by atoms with Crippen molar-refractivity contribution in [2.45, 2.75) is 44.1 Å². The van der Waals surface area contributed by atoms with Crippen molar-refractivity contribution >= 4 is 24.3 Å². The molecule has 106 valence electrons. The first-order valence-electron chi connectivity index (χ1n) is 6.18. The lowest BCUT2D eigenvalue weighted by atomic mass is 9.97. The molecule has 1 saturated carbocycles. The highest BCUT2D eigenvalue weighted by molar-refractivity contribution is 5.88. The summed E-state index contributed by atoms with van der Waals surface area (Å²) in [5.74, 6) is -0.371. The monoisotopic (exact) mass is 278 g/mol. The third-order valence-corrected chi connectivity index (χ3v) is 3.24. The average Bonchev–Trinajstić information content (AvgIpc) is 2.78. The van der Waals surface area contributed by atoms with Crippen molar-refractivity contribution in [3.8, 4) is 0 Å². The average molecular weight is 279 g/mol. The Morgan fingerprint density at radius 1 is 1.28 bits per heavy atom. The molecule has 0 saturated heterocycles. The van der Waals surface area contributed by atoms with Gasteiger partial charge in [-0.15, -0.1) is 12.4 Å². The number of ether oxygens (including phenoxy) is 1. The first-order chi connectivity index (χ1) is 8.14. The number of hydrogen-bond acceptors (Lipinski definition) is 4. The summed E-state index contributed by atoms with van der Waals surface area (Å²) >= 11 is 0. The van der Waals surface area contributed by atoms with Gasteiger partial charge in [-0.2, -0.15) is 0 Å². The minimum atomic E-state index is -0.758. The van der Waals surface area contributed by atoms with Gasteiger partial charge in [0.15, 0.2) is 0 Å². The second-order valence-corrected chi connectivity index (χ2v) is 4.54. The molecule has 0 aromatic carbocycles. The zero-order valence-electron chi connectivity index (χ0n) is 11.1. The summed E-state index contributed by atoms with van der Waals surface area (Å²) in [6, 6.07) is 0. The van der Waals surface area contributed by atoms with Gasteiger partial charge >= 0.3 is 5.97 Å². The summed E-state index contributed by atoms with van der Waals surface area (Å²) < 4.78 is 4.80. The van der Waals surface area contributed by atoms with Crippen molar-refractivity contribution in [1.29, 1.82) is 0 Å². The topological polar surface area (TPSA) is 67.4 Å². The summed E-state index contributed by atoms with van der Waals surface area (Å²) in [6.45, 7) is 0.804. The summed E-state index contributed by atoms with van der Waals surface area (Å²) in [5.41, 5.74) is -0.758. The lowest BCUT2D eigenvalue weighted by Gasteiger charge is -2.27. The lowest BCUT2D eigenvalue weighted by Crippen LogP contribution is -2.53. The van der Waals surface area contributed by atoms with Gasteiger partial charge in [-0.05, 0) is 32.9 Å². The Labute approximate surface area is 114 Å². The van der Waals surface area contributed by atoms with Crippen molar-refractivity contribution in [1.82, 2.24) is 10.6 Å². The highest BCUT2D eigenvalue weighted by Gasteiger charge is 2.43. The molecule has 5 nitrogen and oxygen atoms in total. The number of halogens is 1. The first kappa shape index (κ1) is 17.2. The molecule has 1 aliphatic carbocycles. The predicted octanol–water partition coefficient (Wildman–Crippen LogP) is 1.01. The zero-order valence-corrected chi connectivity index (χ0v) is 11.9. The molecule has 1 fully saturated rings. The third-order valence-electron chi connectivity index (χ3n) is 3.24. The van der Waals surface area contributed by atoms with Gasteiger partial charge in [-0.25, -0.2) is 4.79 Å². The molecule has 0 aromatic rings. The van der Waals surface area contributed by atoms with Crippen molar-refractivity contribution in [2.24, 2.45) is 0 Å². The van der Waals surface area contributed by atoms with Gasteiger partial charge in [0.2, 0.25) is 5.91 Å². The van der Waals surface area contributed by atoms with Gasteiger partial charge < -0.3 is 15.4 Å². The third kappa shape index (κ3) is 4.46. The van der Waals surface area contributed by atoms with E-state index in [0.29, 0.717) is 19.3 Å². The maximum absolute atomic E-state index is 11.8. The van der Waals surface area contributed by atoms with E-state index in [9.17, 15) is 9.59 Å². The molecule has 0 aliphatic heterocycles. The standard InChI is InChI=1S/C12H22N2O3.ClH/c1-13-9-5-6-10(15)14-12(11(16)17-2)7-3-4-8-12;/h13H,3-9H2,1-2H3,(H,14,15);1H. The van der Waals surface area contributed by atoms with Gasteiger partial charge in [0, 0.05) is 6.42 Å². The summed E-state index contributed by atoms with van der Waals surface area (Å²) in [6.07, 6.45) is 4.53. The predicted molar refractivity (Wildman–Crippen MR) is 71.8 cm³/mol. The minimum Gasteiger partial charge on any atom is -0.467 e. The molecule has 18 heavy (non-hydrogen) atoms. The van der Waals surface area contributed by atoms with E-state index in [4.69, 9.17) is 4.74 Å². The zero-order chi connectivity index (χ0) is 12.7. The van der Waals surface area contributed by atoms with Crippen LogP contribution in [-0.4, -0.2) is 38.1 Å². The summed E-state index contributed by atoms with van der Waals surface area (Å²) in [7, 11) is 3.22. The number of rotatable bonds is 6. The van der Waals surface area contributed by atoms with E-state index < -0.39 is 5.54 Å². The Hall–Kier alpha value is -0.810. The molecule has 0 atom stereocenters. The normalized spacial score (nSPS) is 16.8. The van der Waals surface area contributed by atoms with Gasteiger partial charge in [0.05, 0.1) is 7.11 Å². The van der Waals surface area contributed by atoms with Crippen LogP contribution in [0, 0.1) is 0 Å². The molecule has 0 radical (unpaired) electrons. The van der Waals surface area contributed by atoms with Gasteiger partial charge in [0.1, 0.15) is 5.54 Å². The number of carbonyl (C=O) groups is 2. The van der Waals surface area contributed by atoms with E-state index >= 15 is 0 Å². The Balaban J connectivity index is 0.00000289. The molecular formula is C12H23ClN2O3. The number of methoxy groups -OCH3 is 1. The molecule has 6 heteroatoms. The van der Waals surface area contributed by atoms with Gasteiger partial charge in [-0.3, -0.25) is 4.79 Å². The maximum atomic E-state index is 11.8. The van der Waals surface area contributed by atoms with E-state index in [0.717, 1.165) is 25.8 Å². The maximum Gasteiger partial charge on any atom is 0.331 e.